The van der Waals surface area contributed by atoms with Gasteiger partial charge in [0.2, 0.25) is 0 Å². The first kappa shape index (κ1) is 9.38. The summed E-state index contributed by atoms with van der Waals surface area (Å²) in [4.78, 5) is 2.45. The molecule has 0 bridgehead atoms. The van der Waals surface area contributed by atoms with E-state index in [1.54, 1.807) is 7.11 Å². The predicted molar refractivity (Wildman–Crippen MR) is 59.2 cm³/mol. The van der Waals surface area contributed by atoms with Gasteiger partial charge in [0, 0.05) is 18.8 Å². The molecule has 0 unspecified atom stereocenters. The molecule has 0 amide bonds. The van der Waals surface area contributed by atoms with Gasteiger partial charge in [0.15, 0.2) is 0 Å². The molecule has 1 aromatic carbocycles. The summed E-state index contributed by atoms with van der Waals surface area (Å²) in [6.45, 7) is 4.55. The fourth-order valence-corrected chi connectivity index (χ4v) is 2.07. The summed E-state index contributed by atoms with van der Waals surface area (Å²) >= 11 is 0. The van der Waals surface area contributed by atoms with Crippen LogP contribution in [0.15, 0.2) is 18.2 Å². The van der Waals surface area contributed by atoms with E-state index in [1.165, 1.54) is 37.2 Å². The lowest BCUT2D eigenvalue weighted by atomic mass is 10.2. The number of hydrogen-bond donors (Lipinski definition) is 0. The van der Waals surface area contributed by atoms with E-state index < -0.39 is 0 Å². The van der Waals surface area contributed by atoms with Crippen LogP contribution in [0.2, 0.25) is 0 Å². The van der Waals surface area contributed by atoms with Gasteiger partial charge >= 0.3 is 0 Å². The van der Waals surface area contributed by atoms with Crippen molar-refractivity contribution in [1.29, 1.82) is 0 Å². The van der Waals surface area contributed by atoms with Gasteiger partial charge in [-0.25, -0.2) is 0 Å². The summed E-state index contributed by atoms with van der Waals surface area (Å²) in [7, 11) is 1.71. The van der Waals surface area contributed by atoms with Crippen molar-refractivity contribution in [3.05, 3.63) is 23.8 Å². The van der Waals surface area contributed by atoms with Crippen molar-refractivity contribution < 1.29 is 4.74 Å². The number of ether oxygens (including phenoxy) is 1. The Morgan fingerprint density at radius 2 is 1.93 bits per heavy atom. The fourth-order valence-electron chi connectivity index (χ4n) is 2.07. The SMILES string of the molecule is COc1ccc(N2CCCC2)c(C)c1. The molecule has 2 heteroatoms. The van der Waals surface area contributed by atoms with Crippen LogP contribution in [0.4, 0.5) is 5.69 Å². The Bertz CT molecular complexity index is 316. The third kappa shape index (κ3) is 1.69. The molecule has 1 aliphatic rings. The molecular formula is C12H17NO. The standard InChI is InChI=1S/C12H17NO/c1-10-9-11(14-2)5-6-12(10)13-7-3-4-8-13/h5-6,9H,3-4,7-8H2,1-2H3. The lowest BCUT2D eigenvalue weighted by Crippen LogP contribution is -2.18. The second-order valence-electron chi connectivity index (χ2n) is 3.85. The van der Waals surface area contributed by atoms with Crippen LogP contribution in [0.1, 0.15) is 18.4 Å². The van der Waals surface area contributed by atoms with Crippen LogP contribution in [0.25, 0.3) is 0 Å². The first-order valence-electron chi connectivity index (χ1n) is 5.21. The molecule has 14 heavy (non-hydrogen) atoms. The predicted octanol–water partition coefficient (Wildman–Crippen LogP) is 2.60. The van der Waals surface area contributed by atoms with E-state index in [2.05, 4.69) is 24.0 Å². The minimum Gasteiger partial charge on any atom is -0.497 e. The van der Waals surface area contributed by atoms with E-state index in [0.717, 1.165) is 5.75 Å². The summed E-state index contributed by atoms with van der Waals surface area (Å²) in [6.07, 6.45) is 2.65. The summed E-state index contributed by atoms with van der Waals surface area (Å²) in [6, 6.07) is 6.31. The molecule has 0 radical (unpaired) electrons. The maximum absolute atomic E-state index is 5.19. The van der Waals surface area contributed by atoms with Gasteiger partial charge in [-0.1, -0.05) is 0 Å². The maximum atomic E-state index is 5.19. The monoisotopic (exact) mass is 191 g/mol. The molecule has 0 saturated carbocycles. The Kier molecular flexibility index (Phi) is 2.62. The highest BCUT2D eigenvalue weighted by molar-refractivity contribution is 5.56. The van der Waals surface area contributed by atoms with Crippen molar-refractivity contribution >= 4 is 5.69 Å². The van der Waals surface area contributed by atoms with Gasteiger partial charge in [-0.05, 0) is 43.5 Å². The Morgan fingerprint density at radius 3 is 2.50 bits per heavy atom. The van der Waals surface area contributed by atoms with Gasteiger partial charge in [-0.2, -0.15) is 0 Å². The highest BCUT2D eigenvalue weighted by atomic mass is 16.5. The van der Waals surface area contributed by atoms with Crippen LogP contribution in [0, 0.1) is 6.92 Å². The molecule has 2 rings (SSSR count). The largest absolute Gasteiger partial charge is 0.497 e. The van der Waals surface area contributed by atoms with Crippen molar-refractivity contribution in [2.75, 3.05) is 25.1 Å². The Morgan fingerprint density at radius 1 is 1.21 bits per heavy atom. The van der Waals surface area contributed by atoms with Crippen LogP contribution in [0.5, 0.6) is 5.75 Å². The number of hydrogen-bond acceptors (Lipinski definition) is 2. The average Bonchev–Trinajstić information content (AvgIpc) is 2.70. The van der Waals surface area contributed by atoms with Crippen LogP contribution in [0.3, 0.4) is 0 Å². The quantitative estimate of drug-likeness (QED) is 0.712. The molecule has 1 aromatic rings. The summed E-state index contributed by atoms with van der Waals surface area (Å²) in [5.41, 5.74) is 2.68. The van der Waals surface area contributed by atoms with Gasteiger partial charge < -0.3 is 9.64 Å². The molecule has 0 aliphatic carbocycles. The third-order valence-corrected chi connectivity index (χ3v) is 2.85. The fraction of sp³-hybridized carbons (Fsp3) is 0.500. The maximum Gasteiger partial charge on any atom is 0.119 e. The second-order valence-corrected chi connectivity index (χ2v) is 3.85. The minimum absolute atomic E-state index is 0.949. The molecule has 1 saturated heterocycles. The zero-order valence-electron chi connectivity index (χ0n) is 8.92. The molecule has 1 heterocycles. The van der Waals surface area contributed by atoms with Gasteiger partial charge in [0.1, 0.15) is 5.75 Å². The number of rotatable bonds is 2. The number of aryl methyl sites for hydroxylation is 1. The molecule has 2 nitrogen and oxygen atoms in total. The van der Waals surface area contributed by atoms with Crippen LogP contribution in [-0.4, -0.2) is 20.2 Å². The number of nitrogens with zero attached hydrogens (tertiary/aromatic N) is 1. The molecule has 0 aromatic heterocycles. The molecule has 76 valence electrons. The van der Waals surface area contributed by atoms with E-state index in [4.69, 9.17) is 4.74 Å². The molecule has 0 spiro atoms. The molecule has 0 N–H and O–H groups in total. The second kappa shape index (κ2) is 3.91. The number of methoxy groups -OCH3 is 1. The van der Waals surface area contributed by atoms with Gasteiger partial charge in [-0.15, -0.1) is 0 Å². The highest BCUT2D eigenvalue weighted by Gasteiger charge is 2.14. The lowest BCUT2D eigenvalue weighted by molar-refractivity contribution is 0.414. The first-order valence-corrected chi connectivity index (χ1v) is 5.21. The topological polar surface area (TPSA) is 12.5 Å². The van der Waals surface area contributed by atoms with Crippen molar-refractivity contribution in [2.24, 2.45) is 0 Å². The molecular weight excluding hydrogens is 174 g/mol. The third-order valence-electron chi connectivity index (χ3n) is 2.85. The molecule has 1 aliphatic heterocycles. The van der Waals surface area contributed by atoms with Crippen molar-refractivity contribution in [3.8, 4) is 5.75 Å². The van der Waals surface area contributed by atoms with Crippen LogP contribution in [-0.2, 0) is 0 Å². The van der Waals surface area contributed by atoms with Gasteiger partial charge in [-0.3, -0.25) is 0 Å². The Hall–Kier alpha value is -1.18. The number of anilines is 1. The average molecular weight is 191 g/mol. The van der Waals surface area contributed by atoms with Gasteiger partial charge in [0.25, 0.3) is 0 Å². The van der Waals surface area contributed by atoms with E-state index in [-0.39, 0.29) is 0 Å². The highest BCUT2D eigenvalue weighted by Crippen LogP contribution is 2.27. The smallest absolute Gasteiger partial charge is 0.119 e. The zero-order valence-corrected chi connectivity index (χ0v) is 8.92. The minimum atomic E-state index is 0.949. The van der Waals surface area contributed by atoms with Gasteiger partial charge in [0.05, 0.1) is 7.11 Å². The molecule has 0 atom stereocenters. The van der Waals surface area contributed by atoms with E-state index >= 15 is 0 Å². The lowest BCUT2D eigenvalue weighted by Gasteiger charge is -2.20. The Balaban J connectivity index is 2.25. The normalized spacial score (nSPS) is 16.0. The van der Waals surface area contributed by atoms with Crippen molar-refractivity contribution in [3.63, 3.8) is 0 Å². The Labute approximate surface area is 85.5 Å². The van der Waals surface area contributed by atoms with E-state index in [1.807, 2.05) is 6.07 Å². The summed E-state index contributed by atoms with van der Waals surface area (Å²) < 4.78 is 5.19. The van der Waals surface area contributed by atoms with Crippen LogP contribution < -0.4 is 9.64 Å². The van der Waals surface area contributed by atoms with Crippen molar-refractivity contribution in [2.45, 2.75) is 19.8 Å². The number of benzene rings is 1. The van der Waals surface area contributed by atoms with E-state index in [9.17, 15) is 0 Å². The first-order chi connectivity index (χ1) is 6.81. The zero-order chi connectivity index (χ0) is 9.97. The van der Waals surface area contributed by atoms with Crippen molar-refractivity contribution in [1.82, 2.24) is 0 Å². The van der Waals surface area contributed by atoms with E-state index in [0.29, 0.717) is 0 Å². The summed E-state index contributed by atoms with van der Waals surface area (Å²) in [5.74, 6) is 0.949. The van der Waals surface area contributed by atoms with Crippen LogP contribution >= 0.6 is 0 Å². The summed E-state index contributed by atoms with van der Waals surface area (Å²) in [5, 5.41) is 0. The molecule has 1 fully saturated rings.